The van der Waals surface area contributed by atoms with E-state index in [1.54, 1.807) is 11.9 Å². The first kappa shape index (κ1) is 19.1. The van der Waals surface area contributed by atoms with Crippen LogP contribution in [0.5, 0.6) is 0 Å². The predicted molar refractivity (Wildman–Crippen MR) is 87.5 cm³/mol. The maximum absolute atomic E-state index is 13.4. The van der Waals surface area contributed by atoms with Crippen LogP contribution in [-0.2, 0) is 12.4 Å². The number of alkyl halides is 6. The third kappa shape index (κ3) is 3.36. The molecule has 5 rings (SSSR count). The van der Waals surface area contributed by atoms with Crippen molar-refractivity contribution >= 4 is 0 Å². The van der Waals surface area contributed by atoms with E-state index in [-0.39, 0.29) is 5.54 Å². The van der Waals surface area contributed by atoms with Gasteiger partial charge in [0, 0.05) is 11.1 Å². The Labute approximate surface area is 154 Å². The van der Waals surface area contributed by atoms with Gasteiger partial charge in [-0.15, -0.1) is 0 Å². The third-order valence-corrected chi connectivity index (χ3v) is 6.67. The van der Waals surface area contributed by atoms with Crippen molar-refractivity contribution in [2.45, 2.75) is 56.4 Å². The molecule has 0 amide bonds. The minimum absolute atomic E-state index is 0.365. The molecule has 0 atom stereocenters. The summed E-state index contributed by atoms with van der Waals surface area (Å²) in [5, 5.41) is 0. The van der Waals surface area contributed by atoms with Gasteiger partial charge in [0.25, 0.3) is 0 Å². The molecule has 0 aliphatic heterocycles. The minimum Gasteiger partial charge on any atom is -0.287 e. The molecule has 4 aliphatic rings. The Morgan fingerprint density at radius 1 is 0.852 bits per heavy atom. The molecule has 148 valence electrons. The average molecular weight is 389 g/mol. The smallest absolute Gasteiger partial charge is 0.287 e. The molecule has 1 aromatic rings. The summed E-state index contributed by atoms with van der Waals surface area (Å²) >= 11 is 0. The zero-order valence-electron chi connectivity index (χ0n) is 14.9. The summed E-state index contributed by atoms with van der Waals surface area (Å²) in [4.78, 5) is 1.55. The van der Waals surface area contributed by atoms with Crippen molar-refractivity contribution in [3.05, 3.63) is 41.4 Å². The Bertz CT molecular complexity index is 653. The Hall–Kier alpha value is -1.24. The van der Waals surface area contributed by atoms with Crippen LogP contribution in [0.15, 0.2) is 18.2 Å². The average Bonchev–Trinajstić information content (AvgIpc) is 2.51. The monoisotopic (exact) mass is 389 g/mol. The largest absolute Gasteiger partial charge is 0.416 e. The van der Waals surface area contributed by atoms with E-state index in [0.717, 1.165) is 44.6 Å². The van der Waals surface area contributed by atoms with Gasteiger partial charge in [0.2, 0.25) is 0 Å². The zero-order chi connectivity index (χ0) is 19.6. The molecule has 0 saturated heterocycles. The van der Waals surface area contributed by atoms with Crippen molar-refractivity contribution in [1.82, 2.24) is 4.90 Å². The van der Waals surface area contributed by atoms with E-state index >= 15 is 0 Å². The van der Waals surface area contributed by atoms with Gasteiger partial charge < -0.3 is 0 Å². The quantitative estimate of drug-likeness (QED) is 0.452. The molecule has 4 saturated carbocycles. The Balaban J connectivity index is 1.70. The van der Waals surface area contributed by atoms with Crippen molar-refractivity contribution in [2.24, 2.45) is 17.8 Å². The molecule has 0 heterocycles. The fourth-order valence-corrected chi connectivity index (χ4v) is 5.91. The Morgan fingerprint density at radius 3 is 1.63 bits per heavy atom. The lowest BCUT2D eigenvalue weighted by Gasteiger charge is -2.59. The van der Waals surface area contributed by atoms with Crippen molar-refractivity contribution < 1.29 is 26.3 Å². The number of rotatable bonds is 3. The van der Waals surface area contributed by atoms with Crippen molar-refractivity contribution in [2.75, 3.05) is 7.05 Å². The van der Waals surface area contributed by atoms with Crippen molar-refractivity contribution in [1.29, 1.82) is 0 Å². The summed E-state index contributed by atoms with van der Waals surface area (Å²) in [7, 11) is 1.60. The molecule has 0 unspecified atom stereocenters. The van der Waals surface area contributed by atoms with Gasteiger partial charge in [-0.2, -0.15) is 26.3 Å². The molecule has 1 aromatic carbocycles. The molecular weight excluding hydrogens is 368 g/mol. The van der Waals surface area contributed by atoms with Gasteiger partial charge in [0.05, 0.1) is 17.7 Å². The lowest BCUT2D eigenvalue weighted by atomic mass is 9.52. The van der Waals surface area contributed by atoms with Crippen LogP contribution in [0.3, 0.4) is 0 Å². The second-order valence-corrected chi connectivity index (χ2v) is 8.54. The SMILES string of the molecule is CN([C]c1c(C(F)(F)F)cccc1C(F)(F)F)C12CC3CC(CC(C3)C1)C2. The second kappa shape index (κ2) is 6.13. The number of benzene rings is 1. The summed E-state index contributed by atoms with van der Waals surface area (Å²) in [5.41, 5.74) is -3.82. The lowest BCUT2D eigenvalue weighted by Crippen LogP contribution is -2.58. The van der Waals surface area contributed by atoms with Crippen LogP contribution in [0, 0.1) is 24.3 Å². The Morgan fingerprint density at radius 2 is 1.26 bits per heavy atom. The number of hydrogen-bond donors (Lipinski definition) is 0. The lowest BCUT2D eigenvalue weighted by molar-refractivity contribution is -0.144. The zero-order valence-corrected chi connectivity index (χ0v) is 14.9. The first-order valence-corrected chi connectivity index (χ1v) is 9.26. The van der Waals surface area contributed by atoms with E-state index in [4.69, 9.17) is 0 Å². The molecule has 2 radical (unpaired) electrons. The van der Waals surface area contributed by atoms with Crippen molar-refractivity contribution in [3.63, 3.8) is 0 Å². The van der Waals surface area contributed by atoms with Crippen LogP contribution in [0.2, 0.25) is 0 Å². The second-order valence-electron chi connectivity index (χ2n) is 8.54. The molecule has 0 aromatic heterocycles. The summed E-state index contributed by atoms with van der Waals surface area (Å²) in [6, 6.07) is 2.21. The van der Waals surface area contributed by atoms with E-state index in [1.807, 2.05) is 0 Å². The number of hydrogen-bond acceptors (Lipinski definition) is 1. The molecule has 7 heteroatoms. The van der Waals surface area contributed by atoms with Gasteiger partial charge in [-0.05, 0) is 75.5 Å². The molecule has 4 fully saturated rings. The van der Waals surface area contributed by atoms with Crippen LogP contribution in [0.1, 0.15) is 55.2 Å². The fraction of sp³-hybridized carbons (Fsp3) is 0.650. The molecule has 4 aliphatic carbocycles. The number of halogens is 6. The molecular formula is C20H21F6N. The predicted octanol–water partition coefficient (Wildman–Crippen LogP) is 6.01. The van der Waals surface area contributed by atoms with Gasteiger partial charge >= 0.3 is 12.4 Å². The third-order valence-electron chi connectivity index (χ3n) is 6.67. The minimum atomic E-state index is -4.87. The van der Waals surface area contributed by atoms with Crippen LogP contribution < -0.4 is 0 Å². The highest BCUT2D eigenvalue weighted by molar-refractivity contribution is 5.43. The van der Waals surface area contributed by atoms with E-state index in [2.05, 4.69) is 6.54 Å². The van der Waals surface area contributed by atoms with E-state index in [9.17, 15) is 26.3 Å². The standard InChI is InChI=1S/C20H21F6N/c1-27(18-8-12-5-13(9-18)7-14(6-12)10-18)11-15-16(19(21,22)23)3-2-4-17(15)20(24,25)26/h2-4,12-14H,5-10H2,1H3. The maximum atomic E-state index is 13.4. The summed E-state index contributed by atoms with van der Waals surface area (Å²) < 4.78 is 80.4. The van der Waals surface area contributed by atoms with E-state index < -0.39 is 29.0 Å². The molecule has 27 heavy (non-hydrogen) atoms. The first-order chi connectivity index (χ1) is 12.5. The molecule has 0 spiro atoms. The maximum Gasteiger partial charge on any atom is 0.416 e. The van der Waals surface area contributed by atoms with Gasteiger partial charge in [0.15, 0.2) is 0 Å². The summed E-state index contributed by atoms with van der Waals surface area (Å²) in [5.74, 6) is 1.58. The van der Waals surface area contributed by atoms with E-state index in [1.165, 1.54) is 0 Å². The fourth-order valence-electron chi connectivity index (χ4n) is 5.91. The van der Waals surface area contributed by atoms with Gasteiger partial charge in [0.1, 0.15) is 0 Å². The normalized spacial score (nSPS) is 33.1. The highest BCUT2D eigenvalue weighted by Crippen LogP contribution is 2.58. The van der Waals surface area contributed by atoms with Crippen LogP contribution in [0.4, 0.5) is 26.3 Å². The van der Waals surface area contributed by atoms with Crippen molar-refractivity contribution in [3.8, 4) is 0 Å². The van der Waals surface area contributed by atoms with Crippen LogP contribution in [-0.4, -0.2) is 17.5 Å². The van der Waals surface area contributed by atoms with Gasteiger partial charge in [-0.1, -0.05) is 6.07 Å². The molecule has 1 nitrogen and oxygen atoms in total. The van der Waals surface area contributed by atoms with Crippen LogP contribution in [0.25, 0.3) is 0 Å². The molecule has 0 N–H and O–H groups in total. The highest BCUT2D eigenvalue weighted by Gasteiger charge is 2.53. The van der Waals surface area contributed by atoms with Gasteiger partial charge in [-0.3, -0.25) is 4.90 Å². The number of nitrogens with zero attached hydrogens (tertiary/aromatic N) is 1. The first-order valence-electron chi connectivity index (χ1n) is 9.26. The van der Waals surface area contributed by atoms with Gasteiger partial charge in [-0.25, -0.2) is 0 Å². The Kier molecular flexibility index (Phi) is 4.33. The highest BCUT2D eigenvalue weighted by atomic mass is 19.4. The topological polar surface area (TPSA) is 3.24 Å². The summed E-state index contributed by atoms with van der Waals surface area (Å²) in [6.07, 6.45) is -3.83. The van der Waals surface area contributed by atoms with Crippen LogP contribution >= 0.6 is 0 Å². The van der Waals surface area contributed by atoms with E-state index in [0.29, 0.717) is 29.9 Å². The molecule has 4 bridgehead atoms. The summed E-state index contributed by atoms with van der Waals surface area (Å²) in [6.45, 7) is 2.54.